The highest BCUT2D eigenvalue weighted by Crippen LogP contribution is 2.11. The molecule has 0 aromatic carbocycles. The van der Waals surface area contributed by atoms with E-state index in [0.717, 1.165) is 12.8 Å². The van der Waals surface area contributed by atoms with Gasteiger partial charge in [0.15, 0.2) is 0 Å². The summed E-state index contributed by atoms with van der Waals surface area (Å²) in [5.41, 5.74) is 0. The minimum Gasteiger partial charge on any atom is -0.390 e. The molecule has 0 spiro atoms. The van der Waals surface area contributed by atoms with E-state index >= 15 is 0 Å². The van der Waals surface area contributed by atoms with Gasteiger partial charge in [-0.3, -0.25) is 0 Å². The SMILES string of the molecule is CCCCCCCCCCCC(O)CF. The Labute approximate surface area is 94.1 Å². The summed E-state index contributed by atoms with van der Waals surface area (Å²) in [7, 11) is 0. The van der Waals surface area contributed by atoms with Crippen LogP contribution in [0, 0.1) is 0 Å². The molecular formula is C13H27FO. The fourth-order valence-electron chi connectivity index (χ4n) is 1.77. The molecule has 1 nitrogen and oxygen atoms in total. The largest absolute Gasteiger partial charge is 0.390 e. The quantitative estimate of drug-likeness (QED) is 0.514. The Morgan fingerprint density at radius 2 is 1.33 bits per heavy atom. The minimum absolute atomic E-state index is 0.586. The molecule has 0 saturated carbocycles. The van der Waals surface area contributed by atoms with Gasteiger partial charge in [-0.25, -0.2) is 4.39 Å². The van der Waals surface area contributed by atoms with E-state index in [9.17, 15) is 4.39 Å². The van der Waals surface area contributed by atoms with Gasteiger partial charge in [0.2, 0.25) is 0 Å². The van der Waals surface area contributed by atoms with Gasteiger partial charge in [0.1, 0.15) is 6.67 Å². The molecule has 0 fully saturated rings. The third kappa shape index (κ3) is 11.8. The van der Waals surface area contributed by atoms with E-state index in [1.165, 1.54) is 44.9 Å². The van der Waals surface area contributed by atoms with Crippen molar-refractivity contribution in [3.63, 3.8) is 0 Å². The molecule has 1 N–H and O–H groups in total. The lowest BCUT2D eigenvalue weighted by atomic mass is 10.1. The maximum atomic E-state index is 11.9. The standard InChI is InChI=1S/C13H27FO/c1-2-3-4-5-6-7-8-9-10-11-13(15)12-14/h13,15H,2-12H2,1H3. The summed E-state index contributed by atoms with van der Waals surface area (Å²) in [5.74, 6) is 0. The van der Waals surface area contributed by atoms with Crippen molar-refractivity contribution in [2.75, 3.05) is 6.67 Å². The number of aliphatic hydroxyl groups is 1. The molecule has 0 radical (unpaired) electrons. The molecule has 0 aliphatic rings. The van der Waals surface area contributed by atoms with Crippen LogP contribution in [0.1, 0.15) is 71.1 Å². The number of hydrogen-bond donors (Lipinski definition) is 1. The maximum absolute atomic E-state index is 11.9. The molecule has 0 amide bonds. The molecule has 1 atom stereocenters. The molecular weight excluding hydrogens is 191 g/mol. The van der Waals surface area contributed by atoms with Crippen molar-refractivity contribution in [2.45, 2.75) is 77.2 Å². The molecule has 92 valence electrons. The Balaban J connectivity index is 2.92. The topological polar surface area (TPSA) is 20.2 Å². The highest BCUT2D eigenvalue weighted by Gasteiger charge is 2.01. The van der Waals surface area contributed by atoms with Crippen molar-refractivity contribution in [1.29, 1.82) is 0 Å². The smallest absolute Gasteiger partial charge is 0.115 e. The van der Waals surface area contributed by atoms with Crippen LogP contribution >= 0.6 is 0 Å². The summed E-state index contributed by atoms with van der Waals surface area (Å²) in [6.07, 6.45) is 11.3. The molecule has 0 aromatic heterocycles. The van der Waals surface area contributed by atoms with Crippen LogP contribution in [0.4, 0.5) is 4.39 Å². The van der Waals surface area contributed by atoms with Crippen molar-refractivity contribution in [2.24, 2.45) is 0 Å². The van der Waals surface area contributed by atoms with Crippen LogP contribution in [0.3, 0.4) is 0 Å². The zero-order valence-corrected chi connectivity index (χ0v) is 10.2. The lowest BCUT2D eigenvalue weighted by Gasteiger charge is -2.05. The lowest BCUT2D eigenvalue weighted by Crippen LogP contribution is -2.07. The molecule has 0 saturated heterocycles. The van der Waals surface area contributed by atoms with Gasteiger partial charge in [-0.1, -0.05) is 64.7 Å². The molecule has 15 heavy (non-hydrogen) atoms. The van der Waals surface area contributed by atoms with E-state index in [1.807, 2.05) is 0 Å². The van der Waals surface area contributed by atoms with Crippen LogP contribution in [-0.4, -0.2) is 17.9 Å². The summed E-state index contributed by atoms with van der Waals surface area (Å²) >= 11 is 0. The van der Waals surface area contributed by atoms with Crippen LogP contribution < -0.4 is 0 Å². The van der Waals surface area contributed by atoms with Gasteiger partial charge in [0.25, 0.3) is 0 Å². The molecule has 0 heterocycles. The second-order valence-corrected chi connectivity index (χ2v) is 4.43. The first kappa shape index (κ1) is 14.9. The lowest BCUT2D eigenvalue weighted by molar-refractivity contribution is 0.128. The van der Waals surface area contributed by atoms with E-state index < -0.39 is 12.8 Å². The van der Waals surface area contributed by atoms with Crippen LogP contribution in [0.15, 0.2) is 0 Å². The third-order valence-corrected chi connectivity index (χ3v) is 2.82. The summed E-state index contributed by atoms with van der Waals surface area (Å²) in [6.45, 7) is 1.65. The van der Waals surface area contributed by atoms with Crippen molar-refractivity contribution in [1.82, 2.24) is 0 Å². The molecule has 1 unspecified atom stereocenters. The Morgan fingerprint density at radius 3 is 1.80 bits per heavy atom. The fourth-order valence-corrected chi connectivity index (χ4v) is 1.77. The van der Waals surface area contributed by atoms with E-state index in [4.69, 9.17) is 5.11 Å². The number of rotatable bonds is 11. The number of hydrogen-bond acceptors (Lipinski definition) is 1. The fraction of sp³-hybridized carbons (Fsp3) is 1.00. The Kier molecular flexibility index (Phi) is 11.9. The van der Waals surface area contributed by atoms with Crippen LogP contribution in [-0.2, 0) is 0 Å². The number of alkyl halides is 1. The van der Waals surface area contributed by atoms with Crippen molar-refractivity contribution >= 4 is 0 Å². The van der Waals surface area contributed by atoms with Crippen molar-refractivity contribution in [3.8, 4) is 0 Å². The maximum Gasteiger partial charge on any atom is 0.115 e. The average Bonchev–Trinajstić information content (AvgIpc) is 2.26. The summed E-state index contributed by atoms with van der Waals surface area (Å²) < 4.78 is 11.9. The van der Waals surface area contributed by atoms with E-state index in [1.54, 1.807) is 0 Å². The number of aliphatic hydroxyl groups excluding tert-OH is 1. The van der Waals surface area contributed by atoms with Gasteiger partial charge in [-0.15, -0.1) is 0 Å². The first-order valence-corrected chi connectivity index (χ1v) is 6.55. The van der Waals surface area contributed by atoms with E-state index in [0.29, 0.717) is 6.42 Å². The highest BCUT2D eigenvalue weighted by atomic mass is 19.1. The molecule has 0 aliphatic heterocycles. The normalized spacial score (nSPS) is 13.0. The summed E-state index contributed by atoms with van der Waals surface area (Å²) in [5, 5.41) is 8.98. The molecule has 0 rings (SSSR count). The number of unbranched alkanes of at least 4 members (excludes halogenated alkanes) is 8. The summed E-state index contributed by atoms with van der Waals surface area (Å²) in [4.78, 5) is 0. The zero-order chi connectivity index (χ0) is 11.4. The predicted octanol–water partition coefficient (Wildman–Crippen LogP) is 4.24. The molecule has 0 bridgehead atoms. The Hall–Kier alpha value is -0.110. The summed E-state index contributed by atoms with van der Waals surface area (Å²) in [6, 6.07) is 0. The average molecular weight is 218 g/mol. The van der Waals surface area contributed by atoms with Crippen LogP contribution in [0.2, 0.25) is 0 Å². The second kappa shape index (κ2) is 12.0. The van der Waals surface area contributed by atoms with Crippen molar-refractivity contribution in [3.05, 3.63) is 0 Å². The Morgan fingerprint density at radius 1 is 0.867 bits per heavy atom. The van der Waals surface area contributed by atoms with Gasteiger partial charge < -0.3 is 5.11 Å². The van der Waals surface area contributed by atoms with Crippen molar-refractivity contribution < 1.29 is 9.50 Å². The molecule has 0 aromatic rings. The monoisotopic (exact) mass is 218 g/mol. The first-order valence-electron chi connectivity index (χ1n) is 6.55. The second-order valence-electron chi connectivity index (χ2n) is 4.43. The van der Waals surface area contributed by atoms with Gasteiger partial charge in [-0.05, 0) is 6.42 Å². The highest BCUT2D eigenvalue weighted by molar-refractivity contribution is 4.53. The van der Waals surface area contributed by atoms with Gasteiger partial charge in [0.05, 0.1) is 6.10 Å². The van der Waals surface area contributed by atoms with Crippen LogP contribution in [0.5, 0.6) is 0 Å². The van der Waals surface area contributed by atoms with Crippen LogP contribution in [0.25, 0.3) is 0 Å². The predicted molar refractivity (Wildman–Crippen MR) is 63.8 cm³/mol. The Bertz CT molecular complexity index is 117. The van der Waals surface area contributed by atoms with Gasteiger partial charge in [0, 0.05) is 0 Å². The van der Waals surface area contributed by atoms with Gasteiger partial charge >= 0.3 is 0 Å². The molecule has 0 aliphatic carbocycles. The first-order chi connectivity index (χ1) is 7.31. The zero-order valence-electron chi connectivity index (χ0n) is 10.2. The number of halogens is 1. The van der Waals surface area contributed by atoms with Gasteiger partial charge in [-0.2, -0.15) is 0 Å². The molecule has 2 heteroatoms. The van der Waals surface area contributed by atoms with E-state index in [2.05, 4.69) is 6.92 Å². The third-order valence-electron chi connectivity index (χ3n) is 2.82. The minimum atomic E-state index is -0.713. The van der Waals surface area contributed by atoms with E-state index in [-0.39, 0.29) is 0 Å².